The molecule has 0 unspecified atom stereocenters. The normalized spacial score (nSPS) is 12.5. The Morgan fingerprint density at radius 1 is 1.10 bits per heavy atom. The second-order valence-corrected chi connectivity index (χ2v) is 7.67. The Kier molecular flexibility index (Phi) is 5.75. The second kappa shape index (κ2) is 8.63. The number of ketones is 1. The van der Waals surface area contributed by atoms with Crippen LogP contribution in [0.2, 0.25) is 0 Å². The van der Waals surface area contributed by atoms with Gasteiger partial charge in [0, 0.05) is 22.6 Å². The van der Waals surface area contributed by atoms with E-state index >= 15 is 0 Å². The summed E-state index contributed by atoms with van der Waals surface area (Å²) in [5, 5.41) is 2.39. The number of carbonyl (C=O) groups excluding carboxylic acids is 3. The first kappa shape index (κ1) is 20.7. The molecule has 0 bridgehead atoms. The highest BCUT2D eigenvalue weighted by molar-refractivity contribution is 5.99. The third-order valence-corrected chi connectivity index (χ3v) is 5.57. The highest BCUT2D eigenvalue weighted by Crippen LogP contribution is 2.27. The number of aryl methyl sites for hydroxylation is 3. The van der Waals surface area contributed by atoms with Crippen molar-refractivity contribution in [2.75, 3.05) is 13.2 Å². The number of amides is 1. The molecule has 0 aliphatic heterocycles. The van der Waals surface area contributed by atoms with Crippen LogP contribution in [0.3, 0.4) is 0 Å². The Hall–Kier alpha value is -3.61. The van der Waals surface area contributed by atoms with Crippen LogP contribution in [0.1, 0.15) is 49.8 Å². The summed E-state index contributed by atoms with van der Waals surface area (Å²) in [6.07, 6.45) is 4.75. The molecule has 7 heteroatoms. The maximum Gasteiger partial charge on any atom is 0.325 e. The van der Waals surface area contributed by atoms with Gasteiger partial charge in [0.25, 0.3) is 5.91 Å². The Morgan fingerprint density at radius 2 is 1.90 bits per heavy atom. The zero-order valence-corrected chi connectivity index (χ0v) is 17.6. The number of ether oxygens (including phenoxy) is 1. The van der Waals surface area contributed by atoms with Gasteiger partial charge in [0.15, 0.2) is 12.4 Å². The Balaban J connectivity index is 1.38. The van der Waals surface area contributed by atoms with Gasteiger partial charge >= 0.3 is 5.97 Å². The van der Waals surface area contributed by atoms with E-state index < -0.39 is 11.9 Å². The van der Waals surface area contributed by atoms with Gasteiger partial charge in [-0.2, -0.15) is 0 Å². The first-order valence-corrected chi connectivity index (χ1v) is 10.3. The summed E-state index contributed by atoms with van der Waals surface area (Å²) in [4.78, 5) is 36.4. The van der Waals surface area contributed by atoms with Gasteiger partial charge in [-0.05, 0) is 74.6 Å². The van der Waals surface area contributed by atoms with E-state index in [-0.39, 0.29) is 24.7 Å². The van der Waals surface area contributed by atoms with E-state index in [4.69, 9.17) is 9.15 Å². The number of fused-ring (bicyclic) bond motifs is 1. The van der Waals surface area contributed by atoms with E-state index in [9.17, 15) is 14.4 Å². The molecule has 0 saturated carbocycles. The van der Waals surface area contributed by atoms with E-state index in [0.717, 1.165) is 29.9 Å². The van der Waals surface area contributed by atoms with E-state index in [1.165, 1.54) is 29.9 Å². The molecule has 1 aliphatic carbocycles. The molecule has 2 aromatic heterocycles. The van der Waals surface area contributed by atoms with Crippen LogP contribution in [0.25, 0.3) is 5.69 Å². The summed E-state index contributed by atoms with van der Waals surface area (Å²) in [6.45, 7) is 3.11. The summed E-state index contributed by atoms with van der Waals surface area (Å²) in [6, 6.07) is 11.3. The minimum atomic E-state index is -0.694. The van der Waals surface area contributed by atoms with Crippen molar-refractivity contribution in [2.24, 2.45) is 0 Å². The Labute approximate surface area is 180 Å². The van der Waals surface area contributed by atoms with E-state index in [1.807, 2.05) is 19.9 Å². The van der Waals surface area contributed by atoms with Crippen molar-refractivity contribution in [3.8, 4) is 5.69 Å². The highest BCUT2D eigenvalue weighted by atomic mass is 16.5. The lowest BCUT2D eigenvalue weighted by Crippen LogP contribution is -2.31. The van der Waals surface area contributed by atoms with Crippen molar-refractivity contribution in [1.29, 1.82) is 0 Å². The van der Waals surface area contributed by atoms with Crippen LogP contribution in [0.15, 0.2) is 47.1 Å². The number of Topliss-reactive ketones (excluding diaryl/α,β-unsaturated/α-hetero) is 1. The van der Waals surface area contributed by atoms with Gasteiger partial charge in [0.05, 0.1) is 6.26 Å². The molecule has 160 valence electrons. The average molecular weight is 420 g/mol. The lowest BCUT2D eigenvalue weighted by Gasteiger charge is -2.12. The molecule has 4 rings (SSSR count). The molecule has 0 saturated heterocycles. The maximum absolute atomic E-state index is 12.7. The van der Waals surface area contributed by atoms with Crippen LogP contribution in [0, 0.1) is 13.8 Å². The third-order valence-electron chi connectivity index (χ3n) is 5.57. The number of nitrogens with zero attached hydrogens (tertiary/aromatic N) is 1. The molecule has 0 atom stereocenters. The van der Waals surface area contributed by atoms with E-state index in [2.05, 4.69) is 28.1 Å². The molecule has 2 heterocycles. The van der Waals surface area contributed by atoms with Crippen molar-refractivity contribution in [2.45, 2.75) is 33.1 Å². The van der Waals surface area contributed by atoms with Gasteiger partial charge in [-0.15, -0.1) is 0 Å². The zero-order valence-electron chi connectivity index (χ0n) is 17.6. The summed E-state index contributed by atoms with van der Waals surface area (Å²) in [5.74, 6) is -1.40. The van der Waals surface area contributed by atoms with Crippen molar-refractivity contribution in [1.82, 2.24) is 9.88 Å². The van der Waals surface area contributed by atoms with E-state index in [0.29, 0.717) is 5.56 Å². The van der Waals surface area contributed by atoms with Crippen LogP contribution < -0.4 is 5.32 Å². The summed E-state index contributed by atoms with van der Waals surface area (Å²) < 4.78 is 12.1. The van der Waals surface area contributed by atoms with Crippen molar-refractivity contribution in [3.63, 3.8) is 0 Å². The Morgan fingerprint density at radius 3 is 2.68 bits per heavy atom. The quantitative estimate of drug-likeness (QED) is 0.468. The standard InChI is InChI=1S/C24H24N2O5/c1-15-11-20(16(2)26(15)19-9-8-17-5-3-6-18(17)12-19)21(27)14-31-23(28)13-25-24(29)22-7-4-10-30-22/h4,7-12H,3,5-6,13-14H2,1-2H3,(H,25,29). The lowest BCUT2D eigenvalue weighted by molar-refractivity contribution is -0.141. The third kappa shape index (κ3) is 4.30. The fourth-order valence-corrected chi connectivity index (χ4v) is 4.06. The van der Waals surface area contributed by atoms with Gasteiger partial charge < -0.3 is 19.0 Å². The number of hydrogen-bond donors (Lipinski definition) is 1. The molecule has 0 fully saturated rings. The number of nitrogens with one attached hydrogen (secondary N) is 1. The van der Waals surface area contributed by atoms with Crippen molar-refractivity contribution in [3.05, 3.63) is 76.5 Å². The summed E-state index contributed by atoms with van der Waals surface area (Å²) >= 11 is 0. The molecule has 0 spiro atoms. The Bertz CT molecular complexity index is 1140. The largest absolute Gasteiger partial charge is 0.459 e. The van der Waals surface area contributed by atoms with Crippen LogP contribution in [-0.4, -0.2) is 35.4 Å². The van der Waals surface area contributed by atoms with Gasteiger partial charge in [0.1, 0.15) is 6.54 Å². The molecule has 1 aliphatic rings. The number of aromatic nitrogens is 1. The predicted octanol–water partition coefficient (Wildman–Crippen LogP) is 3.33. The molecular weight excluding hydrogens is 396 g/mol. The first-order valence-electron chi connectivity index (χ1n) is 10.3. The molecule has 31 heavy (non-hydrogen) atoms. The number of rotatable bonds is 7. The second-order valence-electron chi connectivity index (χ2n) is 7.67. The first-order chi connectivity index (χ1) is 14.9. The molecule has 1 N–H and O–H groups in total. The van der Waals surface area contributed by atoms with Crippen LogP contribution in [0.4, 0.5) is 0 Å². The van der Waals surface area contributed by atoms with Gasteiger partial charge in [-0.3, -0.25) is 14.4 Å². The van der Waals surface area contributed by atoms with Crippen LogP contribution >= 0.6 is 0 Å². The van der Waals surface area contributed by atoms with Gasteiger partial charge in [-0.1, -0.05) is 6.07 Å². The highest BCUT2D eigenvalue weighted by Gasteiger charge is 2.20. The topological polar surface area (TPSA) is 90.5 Å². The average Bonchev–Trinajstić information content (AvgIpc) is 3.50. The minimum absolute atomic E-state index is 0.0999. The number of benzene rings is 1. The minimum Gasteiger partial charge on any atom is -0.459 e. The smallest absolute Gasteiger partial charge is 0.325 e. The molecule has 7 nitrogen and oxygen atoms in total. The summed E-state index contributed by atoms with van der Waals surface area (Å²) in [7, 11) is 0. The van der Waals surface area contributed by atoms with Crippen LogP contribution in [0.5, 0.6) is 0 Å². The maximum atomic E-state index is 12.7. The summed E-state index contributed by atoms with van der Waals surface area (Å²) in [5.41, 5.74) is 6.06. The number of carbonyl (C=O) groups is 3. The number of furan rings is 1. The monoisotopic (exact) mass is 420 g/mol. The van der Waals surface area contributed by atoms with Crippen molar-refractivity contribution < 1.29 is 23.5 Å². The predicted molar refractivity (Wildman–Crippen MR) is 114 cm³/mol. The van der Waals surface area contributed by atoms with Gasteiger partial charge in [0.2, 0.25) is 5.78 Å². The fourth-order valence-electron chi connectivity index (χ4n) is 4.06. The molecule has 0 radical (unpaired) electrons. The van der Waals surface area contributed by atoms with Gasteiger partial charge in [-0.25, -0.2) is 0 Å². The molecule has 1 aromatic carbocycles. The lowest BCUT2D eigenvalue weighted by atomic mass is 10.1. The SMILES string of the molecule is Cc1cc(C(=O)COC(=O)CNC(=O)c2ccco2)c(C)n1-c1ccc2c(c1)CCC2. The zero-order chi connectivity index (χ0) is 22.0. The van der Waals surface area contributed by atoms with E-state index in [1.54, 1.807) is 6.07 Å². The molecule has 1 amide bonds. The number of hydrogen-bond acceptors (Lipinski definition) is 5. The fraction of sp³-hybridized carbons (Fsp3) is 0.292. The molecule has 3 aromatic rings. The number of esters is 1. The molecular formula is C24H24N2O5. The van der Waals surface area contributed by atoms with Crippen LogP contribution in [-0.2, 0) is 22.4 Å². The van der Waals surface area contributed by atoms with Crippen molar-refractivity contribution >= 4 is 17.7 Å².